The zero-order valence-electron chi connectivity index (χ0n) is 17.2. The lowest BCUT2D eigenvalue weighted by molar-refractivity contribution is 0.0165. The molecule has 152 valence electrons. The second kappa shape index (κ2) is 7.81. The van der Waals surface area contributed by atoms with Crippen LogP contribution in [0, 0.1) is 5.92 Å². The highest BCUT2D eigenvalue weighted by Crippen LogP contribution is 2.25. The predicted octanol–water partition coefficient (Wildman–Crippen LogP) is 3.98. The van der Waals surface area contributed by atoms with E-state index in [4.69, 9.17) is 9.72 Å². The zero-order chi connectivity index (χ0) is 20.4. The van der Waals surface area contributed by atoms with Crippen LogP contribution in [0.15, 0.2) is 43.0 Å². The Morgan fingerprint density at radius 2 is 2.10 bits per heavy atom. The first-order valence-corrected chi connectivity index (χ1v) is 10.1. The maximum atomic E-state index is 12.4. The van der Waals surface area contributed by atoms with Gasteiger partial charge in [-0.1, -0.05) is 6.07 Å². The molecule has 0 aromatic carbocycles. The molecular formula is C22H27N5O2. The standard InChI is InChI=1S/C22H27N5O2/c1-22(2,3)29-21(28)26-9-6-7-16(15-26)11-17-12-23-14-19(25-17)18-13-24-27-10-5-4-8-20(18)27/h4-5,8,10,12-14,16H,6-7,9,11,15H2,1-3H3/t16-/m0/s1. The van der Waals surface area contributed by atoms with E-state index in [1.807, 2.05) is 67.0 Å². The van der Waals surface area contributed by atoms with E-state index in [0.717, 1.165) is 48.3 Å². The number of rotatable bonds is 3. The van der Waals surface area contributed by atoms with E-state index in [-0.39, 0.29) is 6.09 Å². The van der Waals surface area contributed by atoms with Gasteiger partial charge in [0.05, 0.1) is 29.3 Å². The molecule has 7 heteroatoms. The molecule has 29 heavy (non-hydrogen) atoms. The van der Waals surface area contributed by atoms with Crippen LogP contribution in [0.25, 0.3) is 16.8 Å². The molecule has 3 aromatic heterocycles. The summed E-state index contributed by atoms with van der Waals surface area (Å²) in [5, 5.41) is 4.39. The number of hydrogen-bond donors (Lipinski definition) is 0. The quantitative estimate of drug-likeness (QED) is 0.673. The zero-order valence-corrected chi connectivity index (χ0v) is 17.2. The first kappa shape index (κ1) is 19.4. The van der Waals surface area contributed by atoms with Crippen molar-refractivity contribution >= 4 is 11.6 Å². The molecule has 3 aromatic rings. The first-order chi connectivity index (χ1) is 13.9. The lowest BCUT2D eigenvalue weighted by atomic mass is 9.93. The van der Waals surface area contributed by atoms with Gasteiger partial charge in [0.1, 0.15) is 5.60 Å². The van der Waals surface area contributed by atoms with Gasteiger partial charge in [-0.15, -0.1) is 0 Å². The molecular weight excluding hydrogens is 366 g/mol. The Bertz CT molecular complexity index is 1010. The van der Waals surface area contributed by atoms with Gasteiger partial charge in [0, 0.05) is 31.0 Å². The molecule has 0 spiro atoms. The third kappa shape index (κ3) is 4.55. The molecule has 0 saturated carbocycles. The molecule has 1 saturated heterocycles. The van der Waals surface area contributed by atoms with Gasteiger partial charge < -0.3 is 9.64 Å². The Labute approximate surface area is 170 Å². The Morgan fingerprint density at radius 3 is 2.93 bits per heavy atom. The number of piperidine rings is 1. The second-order valence-corrected chi connectivity index (χ2v) is 8.62. The van der Waals surface area contributed by atoms with E-state index in [1.165, 1.54) is 0 Å². The third-order valence-electron chi connectivity index (χ3n) is 5.06. The van der Waals surface area contributed by atoms with Crippen molar-refractivity contribution in [3.05, 3.63) is 48.7 Å². The number of carbonyl (C=O) groups excluding carboxylic acids is 1. The maximum Gasteiger partial charge on any atom is 0.410 e. The Kier molecular flexibility index (Phi) is 5.22. The number of ether oxygens (including phenoxy) is 1. The fourth-order valence-corrected chi connectivity index (χ4v) is 3.79. The summed E-state index contributed by atoms with van der Waals surface area (Å²) in [5.74, 6) is 0.352. The van der Waals surface area contributed by atoms with Gasteiger partial charge in [0.2, 0.25) is 0 Å². The largest absolute Gasteiger partial charge is 0.444 e. The smallest absolute Gasteiger partial charge is 0.410 e. The SMILES string of the molecule is CC(C)(C)OC(=O)N1CCC[C@@H](Cc2cncc(-c3cnn4ccccc34)n2)C1. The predicted molar refractivity (Wildman–Crippen MR) is 110 cm³/mol. The molecule has 0 radical (unpaired) electrons. The Balaban J connectivity index is 1.47. The fraction of sp³-hybridized carbons (Fsp3) is 0.455. The molecule has 1 aliphatic rings. The summed E-state index contributed by atoms with van der Waals surface area (Å²) < 4.78 is 7.37. The van der Waals surface area contributed by atoms with E-state index in [0.29, 0.717) is 12.5 Å². The Morgan fingerprint density at radius 1 is 1.24 bits per heavy atom. The van der Waals surface area contributed by atoms with Crippen LogP contribution in [0.1, 0.15) is 39.3 Å². The third-order valence-corrected chi connectivity index (χ3v) is 5.06. The number of carbonyl (C=O) groups is 1. The lowest BCUT2D eigenvalue weighted by Crippen LogP contribution is -2.43. The molecule has 4 rings (SSSR count). The number of aromatic nitrogens is 4. The minimum Gasteiger partial charge on any atom is -0.444 e. The van der Waals surface area contributed by atoms with Crippen LogP contribution in [-0.4, -0.2) is 49.3 Å². The molecule has 1 fully saturated rings. The number of hydrogen-bond acceptors (Lipinski definition) is 5. The normalized spacial score (nSPS) is 17.5. The van der Waals surface area contributed by atoms with E-state index in [1.54, 1.807) is 6.20 Å². The van der Waals surface area contributed by atoms with Crippen molar-refractivity contribution in [3.63, 3.8) is 0 Å². The maximum absolute atomic E-state index is 12.4. The van der Waals surface area contributed by atoms with E-state index in [2.05, 4.69) is 10.1 Å². The van der Waals surface area contributed by atoms with Crippen LogP contribution in [-0.2, 0) is 11.2 Å². The van der Waals surface area contributed by atoms with Crippen LogP contribution in [0.2, 0.25) is 0 Å². The highest BCUT2D eigenvalue weighted by Gasteiger charge is 2.28. The van der Waals surface area contributed by atoms with Crippen LogP contribution in [0.5, 0.6) is 0 Å². The molecule has 1 aliphatic heterocycles. The van der Waals surface area contributed by atoms with Gasteiger partial charge in [-0.3, -0.25) is 4.98 Å². The van der Waals surface area contributed by atoms with Crippen molar-refractivity contribution in [2.75, 3.05) is 13.1 Å². The lowest BCUT2D eigenvalue weighted by Gasteiger charge is -2.34. The van der Waals surface area contributed by atoms with Crippen LogP contribution in [0.3, 0.4) is 0 Å². The molecule has 0 N–H and O–H groups in total. The summed E-state index contributed by atoms with van der Waals surface area (Å²) >= 11 is 0. The number of likely N-dealkylation sites (tertiary alicyclic amines) is 1. The topological polar surface area (TPSA) is 72.6 Å². The van der Waals surface area contributed by atoms with Gasteiger partial charge in [0.15, 0.2) is 0 Å². The Hall–Kier alpha value is -2.96. The van der Waals surface area contributed by atoms with Crippen molar-refractivity contribution in [1.29, 1.82) is 0 Å². The minimum absolute atomic E-state index is 0.228. The van der Waals surface area contributed by atoms with E-state index in [9.17, 15) is 4.79 Å². The van der Waals surface area contributed by atoms with Gasteiger partial charge in [-0.05, 0) is 58.1 Å². The molecule has 7 nitrogen and oxygen atoms in total. The molecule has 1 amide bonds. The highest BCUT2D eigenvalue weighted by molar-refractivity contribution is 5.77. The minimum atomic E-state index is -0.474. The van der Waals surface area contributed by atoms with Gasteiger partial charge in [-0.25, -0.2) is 14.3 Å². The van der Waals surface area contributed by atoms with E-state index < -0.39 is 5.60 Å². The van der Waals surface area contributed by atoms with E-state index >= 15 is 0 Å². The van der Waals surface area contributed by atoms with Crippen molar-refractivity contribution in [2.24, 2.45) is 5.92 Å². The summed E-state index contributed by atoms with van der Waals surface area (Å²) in [6.07, 6.45) is 9.96. The van der Waals surface area contributed by atoms with Crippen LogP contribution < -0.4 is 0 Å². The summed E-state index contributed by atoms with van der Waals surface area (Å²) in [6.45, 7) is 7.13. The van der Waals surface area contributed by atoms with Gasteiger partial charge >= 0.3 is 6.09 Å². The summed E-state index contributed by atoms with van der Waals surface area (Å²) in [4.78, 5) is 23.5. The first-order valence-electron chi connectivity index (χ1n) is 10.1. The van der Waals surface area contributed by atoms with Crippen LogP contribution >= 0.6 is 0 Å². The van der Waals surface area contributed by atoms with Crippen molar-refractivity contribution in [2.45, 2.75) is 45.6 Å². The molecule has 0 aliphatic carbocycles. The van der Waals surface area contributed by atoms with Gasteiger partial charge in [-0.2, -0.15) is 5.10 Å². The van der Waals surface area contributed by atoms with Gasteiger partial charge in [0.25, 0.3) is 0 Å². The number of amides is 1. The monoisotopic (exact) mass is 393 g/mol. The fourth-order valence-electron chi connectivity index (χ4n) is 3.79. The summed E-state index contributed by atoms with van der Waals surface area (Å²) in [6, 6.07) is 5.97. The number of pyridine rings is 1. The number of fused-ring (bicyclic) bond motifs is 1. The molecule has 0 unspecified atom stereocenters. The summed E-state index contributed by atoms with van der Waals surface area (Å²) in [7, 11) is 0. The van der Waals surface area contributed by atoms with Crippen molar-refractivity contribution in [3.8, 4) is 11.3 Å². The number of nitrogens with zero attached hydrogens (tertiary/aromatic N) is 5. The van der Waals surface area contributed by atoms with Crippen LogP contribution in [0.4, 0.5) is 4.79 Å². The van der Waals surface area contributed by atoms with Crippen molar-refractivity contribution < 1.29 is 9.53 Å². The average Bonchev–Trinajstić information content (AvgIpc) is 3.11. The molecule has 1 atom stereocenters. The average molecular weight is 393 g/mol. The molecule has 4 heterocycles. The molecule has 0 bridgehead atoms. The highest BCUT2D eigenvalue weighted by atomic mass is 16.6. The summed E-state index contributed by atoms with van der Waals surface area (Å²) in [5.41, 5.74) is 3.27. The second-order valence-electron chi connectivity index (χ2n) is 8.62. The van der Waals surface area contributed by atoms with Crippen molar-refractivity contribution in [1.82, 2.24) is 24.5 Å².